The summed E-state index contributed by atoms with van der Waals surface area (Å²) in [5.74, 6) is -1.08. The highest BCUT2D eigenvalue weighted by molar-refractivity contribution is 14.1. The minimum atomic E-state index is -0.329. The van der Waals surface area contributed by atoms with Gasteiger partial charge in [0.25, 0.3) is 0 Å². The molecule has 1 aromatic carbocycles. The molecule has 2 aliphatic rings. The summed E-state index contributed by atoms with van der Waals surface area (Å²) in [6.07, 6.45) is 3.51. The maximum Gasteiger partial charge on any atom is 0.244 e. The average molecular weight is 426 g/mol. The number of rotatable bonds is 3. The number of imide groups is 1. The number of nitrogens with one attached hydrogen (secondary N) is 1. The van der Waals surface area contributed by atoms with Crippen LogP contribution < -0.4 is 5.32 Å². The van der Waals surface area contributed by atoms with Crippen LogP contribution in [0.25, 0.3) is 0 Å². The van der Waals surface area contributed by atoms with E-state index in [0.29, 0.717) is 5.69 Å². The molecule has 1 aromatic rings. The zero-order valence-corrected chi connectivity index (χ0v) is 15.1. The van der Waals surface area contributed by atoms with Gasteiger partial charge >= 0.3 is 0 Å². The zero-order valence-electron chi connectivity index (χ0n) is 13.0. The number of carbonyl (C=O) groups excluding carboxylic acids is 3. The van der Waals surface area contributed by atoms with Gasteiger partial charge in [0.2, 0.25) is 17.7 Å². The van der Waals surface area contributed by atoms with Gasteiger partial charge < -0.3 is 5.32 Å². The second-order valence-electron chi connectivity index (χ2n) is 6.27. The lowest BCUT2D eigenvalue weighted by Gasteiger charge is -2.19. The van der Waals surface area contributed by atoms with Crippen LogP contribution in [0.3, 0.4) is 0 Å². The standard InChI is InChI=1S/C17H19IN2O3/c1-10-6-7-11(8-14(10)18)19-15(21)9-20-16(22)12-4-2-3-5-13(12)17(20)23/h6-8,12-13H,2-5,9H2,1H3,(H,19,21). The van der Waals surface area contributed by atoms with Crippen molar-refractivity contribution in [3.8, 4) is 0 Å². The second-order valence-corrected chi connectivity index (χ2v) is 7.43. The number of hydrogen-bond donors (Lipinski definition) is 1. The number of anilines is 1. The van der Waals surface area contributed by atoms with Crippen molar-refractivity contribution < 1.29 is 14.4 Å². The molecule has 23 heavy (non-hydrogen) atoms. The fourth-order valence-corrected chi connectivity index (χ4v) is 3.92. The largest absolute Gasteiger partial charge is 0.324 e. The maximum absolute atomic E-state index is 12.4. The molecule has 1 saturated heterocycles. The van der Waals surface area contributed by atoms with Crippen molar-refractivity contribution in [1.82, 2.24) is 4.90 Å². The van der Waals surface area contributed by atoms with E-state index in [-0.39, 0.29) is 36.1 Å². The van der Waals surface area contributed by atoms with Gasteiger partial charge in [-0.25, -0.2) is 0 Å². The Bertz CT molecular complexity index is 650. The molecular weight excluding hydrogens is 407 g/mol. The first kappa shape index (κ1) is 16.4. The summed E-state index contributed by atoms with van der Waals surface area (Å²) in [4.78, 5) is 38.1. The first-order chi connectivity index (χ1) is 11.0. The minimum Gasteiger partial charge on any atom is -0.324 e. The van der Waals surface area contributed by atoms with Gasteiger partial charge in [-0.1, -0.05) is 18.9 Å². The molecule has 5 nitrogen and oxygen atoms in total. The van der Waals surface area contributed by atoms with Crippen LogP contribution in [-0.4, -0.2) is 29.2 Å². The number of halogens is 1. The first-order valence-corrected chi connectivity index (χ1v) is 8.96. The van der Waals surface area contributed by atoms with Crippen LogP contribution in [0, 0.1) is 22.3 Å². The Balaban J connectivity index is 1.66. The Labute approximate surface area is 148 Å². The summed E-state index contributed by atoms with van der Waals surface area (Å²) in [6, 6.07) is 5.63. The fraction of sp³-hybridized carbons (Fsp3) is 0.471. The number of benzene rings is 1. The van der Waals surface area contributed by atoms with E-state index in [1.165, 1.54) is 0 Å². The molecule has 2 atom stereocenters. The molecular formula is C17H19IN2O3. The average Bonchev–Trinajstić information content (AvgIpc) is 2.76. The predicted octanol–water partition coefficient (Wildman–Crippen LogP) is 2.71. The van der Waals surface area contributed by atoms with Crippen molar-refractivity contribution in [1.29, 1.82) is 0 Å². The maximum atomic E-state index is 12.4. The minimum absolute atomic E-state index is 0.173. The van der Waals surface area contributed by atoms with E-state index in [0.717, 1.165) is 39.7 Å². The van der Waals surface area contributed by atoms with Crippen LogP contribution in [-0.2, 0) is 14.4 Å². The van der Waals surface area contributed by atoms with Crippen LogP contribution >= 0.6 is 22.6 Å². The second kappa shape index (κ2) is 6.59. The Morgan fingerprint density at radius 3 is 2.39 bits per heavy atom. The van der Waals surface area contributed by atoms with Crippen molar-refractivity contribution in [2.24, 2.45) is 11.8 Å². The zero-order chi connectivity index (χ0) is 16.6. The van der Waals surface area contributed by atoms with Crippen molar-refractivity contribution >= 4 is 46.0 Å². The highest BCUT2D eigenvalue weighted by Gasteiger charge is 2.48. The van der Waals surface area contributed by atoms with Gasteiger partial charge in [-0.3, -0.25) is 19.3 Å². The summed E-state index contributed by atoms with van der Waals surface area (Å²) < 4.78 is 1.06. The van der Waals surface area contributed by atoms with E-state index in [1.54, 1.807) is 0 Å². The van der Waals surface area contributed by atoms with Crippen molar-refractivity contribution in [3.05, 3.63) is 27.3 Å². The highest BCUT2D eigenvalue weighted by atomic mass is 127. The van der Waals surface area contributed by atoms with E-state index < -0.39 is 0 Å². The van der Waals surface area contributed by atoms with E-state index >= 15 is 0 Å². The smallest absolute Gasteiger partial charge is 0.244 e. The molecule has 1 heterocycles. The molecule has 1 aliphatic carbocycles. The summed E-state index contributed by atoms with van der Waals surface area (Å²) in [5, 5.41) is 2.77. The Hall–Kier alpha value is -1.44. The van der Waals surface area contributed by atoms with Gasteiger partial charge in [-0.15, -0.1) is 0 Å². The lowest BCUT2D eigenvalue weighted by Crippen LogP contribution is -2.38. The van der Waals surface area contributed by atoms with Crippen molar-refractivity contribution in [2.45, 2.75) is 32.6 Å². The molecule has 0 bridgehead atoms. The normalized spacial score (nSPS) is 23.8. The van der Waals surface area contributed by atoms with Crippen LogP contribution in [0.1, 0.15) is 31.2 Å². The molecule has 6 heteroatoms. The molecule has 0 radical (unpaired) electrons. The number of hydrogen-bond acceptors (Lipinski definition) is 3. The summed E-state index contributed by atoms with van der Waals surface area (Å²) in [7, 11) is 0. The predicted molar refractivity (Wildman–Crippen MR) is 94.7 cm³/mol. The van der Waals surface area contributed by atoms with E-state index in [4.69, 9.17) is 0 Å². The lowest BCUT2D eigenvalue weighted by atomic mass is 9.81. The molecule has 2 fully saturated rings. The third-order valence-electron chi connectivity index (χ3n) is 4.69. The molecule has 2 unspecified atom stereocenters. The van der Waals surface area contributed by atoms with Crippen LogP contribution in [0.15, 0.2) is 18.2 Å². The molecule has 1 saturated carbocycles. The number of nitrogens with zero attached hydrogens (tertiary/aromatic N) is 1. The van der Waals surface area contributed by atoms with Gasteiger partial charge in [-0.2, -0.15) is 0 Å². The Morgan fingerprint density at radius 1 is 1.22 bits per heavy atom. The highest BCUT2D eigenvalue weighted by Crippen LogP contribution is 2.37. The van der Waals surface area contributed by atoms with Crippen molar-refractivity contribution in [2.75, 3.05) is 11.9 Å². The fourth-order valence-electron chi connectivity index (χ4n) is 3.40. The number of fused-ring (bicyclic) bond motifs is 1. The molecule has 3 rings (SSSR count). The van der Waals surface area contributed by atoms with Gasteiger partial charge in [0.15, 0.2) is 0 Å². The van der Waals surface area contributed by atoms with E-state index in [1.807, 2.05) is 25.1 Å². The number of amides is 3. The lowest BCUT2D eigenvalue weighted by molar-refractivity contribution is -0.142. The van der Waals surface area contributed by atoms with Gasteiger partial charge in [0, 0.05) is 9.26 Å². The van der Waals surface area contributed by atoms with Crippen LogP contribution in [0.5, 0.6) is 0 Å². The summed E-state index contributed by atoms with van der Waals surface area (Å²) in [6.45, 7) is 1.81. The molecule has 3 amide bonds. The Kier molecular flexibility index (Phi) is 4.70. The number of likely N-dealkylation sites (tertiary alicyclic amines) is 1. The SMILES string of the molecule is Cc1ccc(NC(=O)CN2C(=O)C3CCCCC3C2=O)cc1I. The van der Waals surface area contributed by atoms with Crippen LogP contribution in [0.2, 0.25) is 0 Å². The summed E-state index contributed by atoms with van der Waals surface area (Å²) in [5.41, 5.74) is 1.82. The molecule has 122 valence electrons. The third-order valence-corrected chi connectivity index (χ3v) is 5.85. The third kappa shape index (κ3) is 3.27. The quantitative estimate of drug-likeness (QED) is 0.597. The monoisotopic (exact) mass is 426 g/mol. The van der Waals surface area contributed by atoms with Crippen LogP contribution in [0.4, 0.5) is 5.69 Å². The van der Waals surface area contributed by atoms with E-state index in [9.17, 15) is 14.4 Å². The van der Waals surface area contributed by atoms with Gasteiger partial charge in [-0.05, 0) is 60.1 Å². The number of aryl methyl sites for hydroxylation is 1. The molecule has 1 N–H and O–H groups in total. The van der Waals surface area contributed by atoms with E-state index in [2.05, 4.69) is 27.9 Å². The topological polar surface area (TPSA) is 66.5 Å². The number of carbonyl (C=O) groups is 3. The molecule has 0 spiro atoms. The van der Waals surface area contributed by atoms with Crippen molar-refractivity contribution in [3.63, 3.8) is 0 Å². The van der Waals surface area contributed by atoms with Gasteiger partial charge in [0.1, 0.15) is 6.54 Å². The van der Waals surface area contributed by atoms with Gasteiger partial charge in [0.05, 0.1) is 11.8 Å². The molecule has 0 aromatic heterocycles. The molecule has 1 aliphatic heterocycles. The Morgan fingerprint density at radius 2 is 1.83 bits per heavy atom. The first-order valence-electron chi connectivity index (χ1n) is 7.88. The summed E-state index contributed by atoms with van der Waals surface area (Å²) >= 11 is 2.21.